The maximum Gasteiger partial charge on any atom is 0.290 e. The molecule has 228 valence electrons. The van der Waals surface area contributed by atoms with Gasteiger partial charge in [0, 0.05) is 29.1 Å². The molecule has 11 heteroatoms. The molecule has 4 N–H and O–H groups in total. The van der Waals surface area contributed by atoms with E-state index in [-0.39, 0.29) is 31.6 Å². The highest BCUT2D eigenvalue weighted by atomic mass is 16.5. The minimum atomic E-state index is -1.21. The van der Waals surface area contributed by atoms with Gasteiger partial charge in [-0.25, -0.2) is 0 Å². The molecular formula is C32H36N2O9. The maximum atomic E-state index is 14.3. The van der Waals surface area contributed by atoms with Crippen molar-refractivity contribution in [2.24, 2.45) is 0 Å². The van der Waals surface area contributed by atoms with Crippen molar-refractivity contribution in [1.82, 2.24) is 10.2 Å². The molecule has 2 heterocycles. The summed E-state index contributed by atoms with van der Waals surface area (Å²) in [5.74, 6) is -0.205. The fourth-order valence-corrected chi connectivity index (χ4v) is 6.75. The molecule has 1 saturated carbocycles. The van der Waals surface area contributed by atoms with Gasteiger partial charge in [-0.15, -0.1) is 0 Å². The second kappa shape index (κ2) is 11.9. The molecule has 2 aliphatic carbocycles. The molecule has 0 saturated heterocycles. The molecule has 6 rings (SSSR count). The summed E-state index contributed by atoms with van der Waals surface area (Å²) in [5.41, 5.74) is 1.91. The van der Waals surface area contributed by atoms with E-state index in [1.54, 1.807) is 35.2 Å². The van der Waals surface area contributed by atoms with Gasteiger partial charge in [-0.1, -0.05) is 25.0 Å². The summed E-state index contributed by atoms with van der Waals surface area (Å²) in [6.45, 7) is -0.480. The molecular weight excluding hydrogens is 556 g/mol. The summed E-state index contributed by atoms with van der Waals surface area (Å²) in [5, 5.41) is 34.7. The lowest BCUT2D eigenvalue weighted by Crippen LogP contribution is -2.58. The first-order chi connectivity index (χ1) is 20.9. The van der Waals surface area contributed by atoms with Crippen LogP contribution in [0.3, 0.4) is 0 Å². The number of aliphatic hydroxyl groups excluding tert-OH is 3. The molecule has 2 aromatic carbocycles. The number of methoxy groups -OCH3 is 2. The molecule has 1 fully saturated rings. The van der Waals surface area contributed by atoms with Crippen LogP contribution in [0.15, 0.2) is 52.5 Å². The molecule has 0 radical (unpaired) electrons. The van der Waals surface area contributed by atoms with Crippen LogP contribution in [0.1, 0.15) is 53.3 Å². The lowest BCUT2D eigenvalue weighted by atomic mass is 9.77. The summed E-state index contributed by atoms with van der Waals surface area (Å²) in [4.78, 5) is 29.6. The van der Waals surface area contributed by atoms with Crippen LogP contribution in [0, 0.1) is 0 Å². The van der Waals surface area contributed by atoms with Crippen LogP contribution in [-0.4, -0.2) is 83.7 Å². The smallest absolute Gasteiger partial charge is 0.290 e. The van der Waals surface area contributed by atoms with Gasteiger partial charge in [-0.05, 0) is 48.7 Å². The van der Waals surface area contributed by atoms with E-state index in [9.17, 15) is 24.9 Å². The molecule has 1 aliphatic heterocycles. The number of benzene rings is 2. The van der Waals surface area contributed by atoms with Gasteiger partial charge in [0.05, 0.1) is 39.4 Å². The van der Waals surface area contributed by atoms with Crippen LogP contribution in [-0.2, 0) is 11.4 Å². The van der Waals surface area contributed by atoms with Gasteiger partial charge in [0.25, 0.3) is 5.91 Å². The van der Waals surface area contributed by atoms with Gasteiger partial charge >= 0.3 is 0 Å². The van der Waals surface area contributed by atoms with Crippen molar-refractivity contribution in [3.63, 3.8) is 0 Å². The van der Waals surface area contributed by atoms with Crippen molar-refractivity contribution in [3.05, 3.63) is 64.9 Å². The van der Waals surface area contributed by atoms with Crippen LogP contribution in [0.2, 0.25) is 0 Å². The zero-order chi connectivity index (χ0) is 30.2. The summed E-state index contributed by atoms with van der Waals surface area (Å²) >= 11 is 0. The van der Waals surface area contributed by atoms with Crippen molar-refractivity contribution in [1.29, 1.82) is 0 Å². The normalized spacial score (nSPS) is 22.9. The number of amides is 2. The first kappa shape index (κ1) is 29.0. The van der Waals surface area contributed by atoms with Gasteiger partial charge < -0.3 is 44.2 Å². The van der Waals surface area contributed by atoms with E-state index in [0.29, 0.717) is 44.9 Å². The Labute approximate surface area is 248 Å². The molecule has 43 heavy (non-hydrogen) atoms. The summed E-state index contributed by atoms with van der Waals surface area (Å²) in [6.07, 6.45) is 2.84. The number of rotatable bonds is 9. The van der Waals surface area contributed by atoms with E-state index in [2.05, 4.69) is 5.32 Å². The molecule has 11 nitrogen and oxygen atoms in total. The van der Waals surface area contributed by atoms with Gasteiger partial charge in [0.2, 0.25) is 5.91 Å². The van der Waals surface area contributed by atoms with Crippen LogP contribution >= 0.6 is 0 Å². The minimum Gasteiger partial charge on any atom is -0.493 e. The number of furan rings is 1. The molecule has 3 aliphatic rings. The number of hydrogen-bond acceptors (Lipinski definition) is 9. The van der Waals surface area contributed by atoms with E-state index in [1.807, 2.05) is 12.1 Å². The van der Waals surface area contributed by atoms with E-state index < -0.39 is 36.0 Å². The number of hydrogen-bond donors (Lipinski definition) is 4. The number of carbonyl (C=O) groups excluding carboxylic acids is 2. The Morgan fingerprint density at radius 2 is 1.84 bits per heavy atom. The Bertz CT molecular complexity index is 1560. The molecule has 2 amide bonds. The molecule has 0 spiro atoms. The van der Waals surface area contributed by atoms with Crippen LogP contribution in [0.5, 0.6) is 17.2 Å². The highest BCUT2D eigenvalue weighted by molar-refractivity contribution is 5.99. The third-order valence-corrected chi connectivity index (χ3v) is 8.71. The van der Waals surface area contributed by atoms with Crippen molar-refractivity contribution < 1.29 is 43.5 Å². The number of carbonyl (C=O) groups is 2. The second-order valence-corrected chi connectivity index (χ2v) is 11.2. The molecule has 0 bridgehead atoms. The first-order valence-electron chi connectivity index (χ1n) is 14.6. The third kappa shape index (κ3) is 5.01. The second-order valence-electron chi connectivity index (χ2n) is 11.2. The zero-order valence-electron chi connectivity index (χ0n) is 24.1. The summed E-state index contributed by atoms with van der Waals surface area (Å²) in [6, 6.07) is 9.35. The largest absolute Gasteiger partial charge is 0.493 e. The quantitative estimate of drug-likeness (QED) is 0.294. The van der Waals surface area contributed by atoms with Gasteiger partial charge in [0.1, 0.15) is 12.2 Å². The van der Waals surface area contributed by atoms with E-state index in [4.69, 9.17) is 18.6 Å². The highest BCUT2D eigenvalue weighted by Gasteiger charge is 2.52. The van der Waals surface area contributed by atoms with Crippen LogP contribution in [0.4, 0.5) is 0 Å². The molecule has 4 atom stereocenters. The standard InChI is InChI=1S/C32H36N2O9/c1-40-23-9-5-6-18-14-25(42-28(18)23)32(39)34(19-7-3-4-8-19)22-15-21(31(38)33-10-11-35)26-20-12-17(16-36)13-24(41-2)29(20)43-30(26)27(22)37/h5-6,9,12-15,19,22,26-27,30,35-37H,3-4,7-8,10-11,16H2,1-2H3,(H,33,38)/t22-,26+,27+,30+/m1/s1. The van der Waals surface area contributed by atoms with Crippen molar-refractivity contribution in [2.45, 2.75) is 62.5 Å². The Morgan fingerprint density at radius 1 is 1.07 bits per heavy atom. The summed E-state index contributed by atoms with van der Waals surface area (Å²) in [7, 11) is 3.01. The first-order valence-corrected chi connectivity index (χ1v) is 14.6. The van der Waals surface area contributed by atoms with E-state index >= 15 is 0 Å². The minimum absolute atomic E-state index is 0.0284. The Morgan fingerprint density at radius 3 is 2.53 bits per heavy atom. The summed E-state index contributed by atoms with van der Waals surface area (Å²) < 4.78 is 23.3. The fraction of sp³-hybridized carbons (Fsp3) is 0.438. The number of ether oxygens (including phenoxy) is 3. The topological polar surface area (TPSA) is 151 Å². The lowest BCUT2D eigenvalue weighted by Gasteiger charge is -2.42. The average Bonchev–Trinajstić information content (AvgIpc) is 3.79. The van der Waals surface area contributed by atoms with Gasteiger partial charge in [-0.2, -0.15) is 0 Å². The van der Waals surface area contributed by atoms with Gasteiger partial charge in [0.15, 0.2) is 28.6 Å². The molecule has 0 unspecified atom stereocenters. The average molecular weight is 593 g/mol. The van der Waals surface area contributed by atoms with Crippen molar-refractivity contribution in [3.8, 4) is 17.2 Å². The fourth-order valence-electron chi connectivity index (χ4n) is 6.75. The predicted octanol–water partition coefficient (Wildman–Crippen LogP) is 2.65. The van der Waals surface area contributed by atoms with E-state index in [1.165, 1.54) is 14.2 Å². The molecule has 3 aromatic rings. The number of aliphatic hydroxyl groups is 3. The Hall–Kier alpha value is -4.06. The van der Waals surface area contributed by atoms with Crippen LogP contribution < -0.4 is 19.5 Å². The van der Waals surface area contributed by atoms with Crippen LogP contribution in [0.25, 0.3) is 11.0 Å². The lowest BCUT2D eigenvalue weighted by molar-refractivity contribution is -0.118. The number of fused-ring (bicyclic) bond motifs is 4. The third-order valence-electron chi connectivity index (χ3n) is 8.71. The van der Waals surface area contributed by atoms with Gasteiger partial charge in [-0.3, -0.25) is 9.59 Å². The van der Waals surface area contributed by atoms with Crippen molar-refractivity contribution in [2.75, 3.05) is 27.4 Å². The Balaban J connectivity index is 1.46. The predicted molar refractivity (Wildman–Crippen MR) is 155 cm³/mol. The highest BCUT2D eigenvalue weighted by Crippen LogP contribution is 2.52. The van der Waals surface area contributed by atoms with E-state index in [0.717, 1.165) is 25.7 Å². The Kier molecular flexibility index (Phi) is 8.04. The number of para-hydroxylation sites is 1. The monoisotopic (exact) mass is 592 g/mol. The van der Waals surface area contributed by atoms with Crippen molar-refractivity contribution >= 4 is 22.8 Å². The SMILES string of the molecule is COc1cc(CO)cc2c1O[C@@H]1[C@@H](O)[C@H](N(C(=O)c3cc4cccc(OC)c4o3)C3CCCC3)C=C(C(=O)NCCO)[C@H]21. The zero-order valence-corrected chi connectivity index (χ0v) is 24.1. The molecule has 1 aromatic heterocycles. The number of nitrogens with one attached hydrogen (secondary N) is 1. The maximum absolute atomic E-state index is 14.3. The number of nitrogens with zero attached hydrogens (tertiary/aromatic N) is 1.